The summed E-state index contributed by atoms with van der Waals surface area (Å²) in [4.78, 5) is 1.23. The summed E-state index contributed by atoms with van der Waals surface area (Å²) in [6, 6.07) is 7.78. The predicted molar refractivity (Wildman–Crippen MR) is 67.8 cm³/mol. The highest BCUT2D eigenvalue weighted by Gasteiger charge is 2.09. The summed E-state index contributed by atoms with van der Waals surface area (Å²) in [5, 5.41) is 14.5. The van der Waals surface area contributed by atoms with E-state index in [4.69, 9.17) is 22.3 Å². The van der Waals surface area contributed by atoms with E-state index in [0.717, 1.165) is 11.1 Å². The molecular weight excluding hydrogens is 226 g/mol. The first kappa shape index (κ1) is 14.2. The molecule has 0 bridgehead atoms. The smallest absolute Gasteiger partial charge is 0.195 e. The van der Waals surface area contributed by atoms with Crippen LogP contribution in [0, 0.1) is 17.7 Å². The first-order valence-corrected chi connectivity index (χ1v) is 4.52. The van der Waals surface area contributed by atoms with Crippen molar-refractivity contribution in [2.75, 3.05) is 0 Å². The van der Waals surface area contributed by atoms with Crippen molar-refractivity contribution in [3.8, 4) is 0 Å². The first-order valence-electron chi connectivity index (χ1n) is 4.52. The van der Waals surface area contributed by atoms with E-state index in [1.54, 1.807) is 0 Å². The van der Waals surface area contributed by atoms with Gasteiger partial charge in [0.25, 0.3) is 0 Å². The molecule has 1 rings (SSSR count). The minimum absolute atomic E-state index is 0. The van der Waals surface area contributed by atoms with Crippen molar-refractivity contribution in [1.29, 1.82) is 10.8 Å². The van der Waals surface area contributed by atoms with Crippen molar-refractivity contribution < 1.29 is 0 Å². The maximum atomic E-state index is 7.27. The molecule has 0 spiro atoms. The van der Waals surface area contributed by atoms with Crippen LogP contribution in [0.25, 0.3) is 0 Å². The zero-order chi connectivity index (χ0) is 11.4. The van der Waals surface area contributed by atoms with Crippen LogP contribution < -0.4 is 11.5 Å². The molecule has 5 nitrogen and oxygen atoms in total. The van der Waals surface area contributed by atoms with Gasteiger partial charge in [-0.25, -0.2) is 0 Å². The summed E-state index contributed by atoms with van der Waals surface area (Å²) in [6.45, 7) is 2.34. The summed E-state index contributed by atoms with van der Waals surface area (Å²) in [5.41, 5.74) is 12.7. The Morgan fingerprint density at radius 2 is 1.81 bits per heavy atom. The quantitative estimate of drug-likeness (QED) is 0.459. The minimum Gasteiger partial charge on any atom is -0.370 e. The van der Waals surface area contributed by atoms with E-state index in [2.05, 4.69) is 0 Å². The fourth-order valence-electron chi connectivity index (χ4n) is 1.29. The third-order valence-electron chi connectivity index (χ3n) is 2.00. The number of hydrogen-bond acceptors (Lipinski definition) is 2. The van der Waals surface area contributed by atoms with Crippen molar-refractivity contribution in [3.05, 3.63) is 35.4 Å². The SMILES string of the molecule is Cc1cccc(CN(C(=N)N)C(=N)N)c1.Cl. The van der Waals surface area contributed by atoms with Crippen LogP contribution in [0.15, 0.2) is 24.3 Å². The molecule has 0 saturated heterocycles. The van der Waals surface area contributed by atoms with Crippen LogP contribution in [-0.4, -0.2) is 16.8 Å². The van der Waals surface area contributed by atoms with Crippen LogP contribution in [0.3, 0.4) is 0 Å². The molecule has 6 N–H and O–H groups in total. The third kappa shape index (κ3) is 3.78. The van der Waals surface area contributed by atoms with Crippen molar-refractivity contribution in [1.82, 2.24) is 4.90 Å². The van der Waals surface area contributed by atoms with Gasteiger partial charge in [-0.2, -0.15) is 0 Å². The molecule has 0 amide bonds. The lowest BCUT2D eigenvalue weighted by atomic mass is 10.1. The standard InChI is InChI=1S/C10H15N5.ClH/c1-7-3-2-4-8(5-7)6-15(9(11)12)10(13)14;/h2-5H,6H2,1H3,(H3,11,12)(H3,13,14);1H. The Morgan fingerprint density at radius 1 is 1.25 bits per heavy atom. The number of hydrogen-bond donors (Lipinski definition) is 4. The molecule has 0 atom stereocenters. The highest BCUT2D eigenvalue weighted by atomic mass is 35.5. The van der Waals surface area contributed by atoms with E-state index < -0.39 is 0 Å². The van der Waals surface area contributed by atoms with E-state index in [1.165, 1.54) is 4.90 Å². The maximum absolute atomic E-state index is 7.27. The van der Waals surface area contributed by atoms with Gasteiger partial charge in [0.2, 0.25) is 0 Å². The molecule has 16 heavy (non-hydrogen) atoms. The number of nitrogens with zero attached hydrogens (tertiary/aromatic N) is 1. The van der Waals surface area contributed by atoms with Gasteiger partial charge in [-0.05, 0) is 12.5 Å². The van der Waals surface area contributed by atoms with Crippen molar-refractivity contribution in [2.45, 2.75) is 13.5 Å². The lowest BCUT2D eigenvalue weighted by Crippen LogP contribution is -2.44. The van der Waals surface area contributed by atoms with E-state index >= 15 is 0 Å². The van der Waals surface area contributed by atoms with Crippen LogP contribution in [0.5, 0.6) is 0 Å². The van der Waals surface area contributed by atoms with Crippen LogP contribution in [-0.2, 0) is 6.54 Å². The molecule has 0 unspecified atom stereocenters. The molecule has 0 aromatic heterocycles. The Bertz CT molecular complexity index is 377. The van der Waals surface area contributed by atoms with Gasteiger partial charge in [-0.1, -0.05) is 29.8 Å². The van der Waals surface area contributed by atoms with E-state index in [9.17, 15) is 0 Å². The molecule has 1 aromatic carbocycles. The zero-order valence-corrected chi connectivity index (χ0v) is 9.84. The van der Waals surface area contributed by atoms with Gasteiger partial charge >= 0.3 is 0 Å². The topological polar surface area (TPSA) is 103 Å². The number of rotatable bonds is 2. The van der Waals surface area contributed by atoms with Crippen LogP contribution >= 0.6 is 12.4 Å². The number of nitrogens with two attached hydrogens (primary N) is 2. The van der Waals surface area contributed by atoms with Gasteiger partial charge in [0.1, 0.15) is 0 Å². The van der Waals surface area contributed by atoms with E-state index in [1.807, 2.05) is 31.2 Å². The molecule has 6 heteroatoms. The lowest BCUT2D eigenvalue weighted by molar-refractivity contribution is 0.581. The van der Waals surface area contributed by atoms with Crippen molar-refractivity contribution in [3.63, 3.8) is 0 Å². The number of aryl methyl sites for hydroxylation is 1. The second kappa shape index (κ2) is 5.97. The second-order valence-corrected chi connectivity index (χ2v) is 3.35. The molecule has 0 aliphatic rings. The third-order valence-corrected chi connectivity index (χ3v) is 2.00. The lowest BCUT2D eigenvalue weighted by Gasteiger charge is -2.20. The normalized spacial score (nSPS) is 9.06. The Morgan fingerprint density at radius 3 is 2.25 bits per heavy atom. The number of guanidine groups is 2. The van der Waals surface area contributed by atoms with Crippen LogP contribution in [0.2, 0.25) is 0 Å². The van der Waals surface area contributed by atoms with Gasteiger partial charge in [-0.15, -0.1) is 12.4 Å². The number of halogens is 1. The number of nitrogens with one attached hydrogen (secondary N) is 2. The molecule has 0 radical (unpaired) electrons. The van der Waals surface area contributed by atoms with Crippen LogP contribution in [0.1, 0.15) is 11.1 Å². The molecule has 0 fully saturated rings. The fourth-order valence-corrected chi connectivity index (χ4v) is 1.29. The molecule has 0 aliphatic heterocycles. The van der Waals surface area contributed by atoms with E-state index in [-0.39, 0.29) is 24.3 Å². The molecular formula is C10H16ClN5. The fraction of sp³-hybridized carbons (Fsp3) is 0.200. The van der Waals surface area contributed by atoms with Gasteiger partial charge in [0.15, 0.2) is 11.9 Å². The molecule has 0 aliphatic carbocycles. The first-order chi connectivity index (χ1) is 7.00. The molecule has 0 saturated carbocycles. The highest BCUT2D eigenvalue weighted by Crippen LogP contribution is 2.06. The van der Waals surface area contributed by atoms with E-state index in [0.29, 0.717) is 6.54 Å². The average Bonchev–Trinajstić information content (AvgIpc) is 2.13. The molecule has 1 aromatic rings. The maximum Gasteiger partial charge on any atom is 0.195 e. The van der Waals surface area contributed by atoms with Gasteiger partial charge in [0.05, 0.1) is 6.54 Å². The average molecular weight is 242 g/mol. The van der Waals surface area contributed by atoms with Crippen molar-refractivity contribution in [2.24, 2.45) is 11.5 Å². The Hall–Kier alpha value is -1.75. The summed E-state index contributed by atoms with van der Waals surface area (Å²) in [6.07, 6.45) is 0. The highest BCUT2D eigenvalue weighted by molar-refractivity contribution is 5.94. The molecule has 88 valence electrons. The monoisotopic (exact) mass is 241 g/mol. The number of benzene rings is 1. The zero-order valence-electron chi connectivity index (χ0n) is 9.03. The second-order valence-electron chi connectivity index (χ2n) is 3.35. The van der Waals surface area contributed by atoms with Crippen molar-refractivity contribution >= 4 is 24.3 Å². The van der Waals surface area contributed by atoms with Crippen LogP contribution in [0.4, 0.5) is 0 Å². The van der Waals surface area contributed by atoms with Gasteiger partial charge in [-0.3, -0.25) is 15.7 Å². The molecule has 0 heterocycles. The Balaban J connectivity index is 0.00000225. The predicted octanol–water partition coefficient (Wildman–Crippen LogP) is 1.01. The Kier molecular flexibility index (Phi) is 5.32. The largest absolute Gasteiger partial charge is 0.370 e. The summed E-state index contributed by atoms with van der Waals surface area (Å²) in [7, 11) is 0. The minimum atomic E-state index is -0.219. The van der Waals surface area contributed by atoms with Gasteiger partial charge in [0, 0.05) is 0 Å². The summed E-state index contributed by atoms with van der Waals surface area (Å²) >= 11 is 0. The Labute approximate surface area is 101 Å². The summed E-state index contributed by atoms with van der Waals surface area (Å²) < 4.78 is 0. The summed E-state index contributed by atoms with van der Waals surface area (Å²) in [5.74, 6) is -0.437. The van der Waals surface area contributed by atoms with Gasteiger partial charge < -0.3 is 11.5 Å².